The second kappa shape index (κ2) is 14.5. The highest BCUT2D eigenvalue weighted by molar-refractivity contribution is 5.67. The highest BCUT2D eigenvalue weighted by atomic mass is 19.4. The summed E-state index contributed by atoms with van der Waals surface area (Å²) in [7, 11) is 0. The van der Waals surface area contributed by atoms with Crippen molar-refractivity contribution in [1.82, 2.24) is 0 Å². The highest BCUT2D eigenvalue weighted by Gasteiger charge is 2.40. The van der Waals surface area contributed by atoms with Crippen molar-refractivity contribution in [3.05, 3.63) is 107 Å². The Balaban J connectivity index is 1.27. The van der Waals surface area contributed by atoms with Gasteiger partial charge < -0.3 is 14.2 Å². The van der Waals surface area contributed by atoms with Gasteiger partial charge in [0.25, 0.3) is 0 Å². The summed E-state index contributed by atoms with van der Waals surface area (Å²) in [4.78, 5) is 0. The van der Waals surface area contributed by atoms with E-state index in [1.165, 1.54) is 12.8 Å². The lowest BCUT2D eigenvalue weighted by Gasteiger charge is -2.29. The van der Waals surface area contributed by atoms with Gasteiger partial charge in [-0.1, -0.05) is 62.6 Å². The largest absolute Gasteiger partial charge is 0.573 e. The highest BCUT2D eigenvalue weighted by Crippen LogP contribution is 2.39. The van der Waals surface area contributed by atoms with Crippen LogP contribution in [0.4, 0.5) is 39.5 Å². The van der Waals surface area contributed by atoms with Gasteiger partial charge in [0, 0.05) is 17.2 Å². The average Bonchev–Trinajstić information content (AvgIpc) is 3.03. The molecule has 5 rings (SSSR count). The predicted octanol–water partition coefficient (Wildman–Crippen LogP) is 11.7. The van der Waals surface area contributed by atoms with Gasteiger partial charge in [0.05, 0.1) is 12.7 Å². The van der Waals surface area contributed by atoms with Crippen molar-refractivity contribution < 1.29 is 53.7 Å². The third kappa shape index (κ3) is 8.26. The fourth-order valence-electron chi connectivity index (χ4n) is 5.73. The fraction of sp³-hybridized carbons (Fsp3) is 0.333. The van der Waals surface area contributed by atoms with Crippen LogP contribution < -0.4 is 9.47 Å². The summed E-state index contributed by atoms with van der Waals surface area (Å²) < 4.78 is 141. The summed E-state index contributed by atoms with van der Waals surface area (Å²) in [6.07, 6.45) is -3.22. The van der Waals surface area contributed by atoms with Gasteiger partial charge >= 0.3 is 12.5 Å². The Kier molecular flexibility index (Phi) is 10.6. The lowest BCUT2D eigenvalue weighted by Crippen LogP contribution is -2.24. The van der Waals surface area contributed by atoms with Crippen LogP contribution in [0.25, 0.3) is 22.3 Å². The summed E-state index contributed by atoms with van der Waals surface area (Å²) in [6.45, 7) is 2.81. The molecule has 4 aromatic rings. The van der Waals surface area contributed by atoms with Gasteiger partial charge in [-0.15, -0.1) is 13.2 Å². The molecule has 12 heteroatoms. The monoisotopic (exact) mass is 682 g/mol. The molecule has 0 saturated carbocycles. The topological polar surface area (TPSA) is 27.7 Å². The van der Waals surface area contributed by atoms with Gasteiger partial charge in [-0.2, -0.15) is 8.78 Å². The second-order valence-corrected chi connectivity index (χ2v) is 11.6. The summed E-state index contributed by atoms with van der Waals surface area (Å²) in [5.74, 6) is -7.46. The Bertz CT molecular complexity index is 1710. The van der Waals surface area contributed by atoms with Crippen molar-refractivity contribution in [2.24, 2.45) is 5.92 Å². The number of ether oxygens (including phenoxy) is 3. The van der Waals surface area contributed by atoms with Gasteiger partial charge in [0.15, 0.2) is 23.2 Å². The maximum atomic E-state index is 15.1. The van der Waals surface area contributed by atoms with Crippen molar-refractivity contribution >= 4 is 0 Å². The number of halogens is 9. The maximum Gasteiger partial charge on any atom is 0.573 e. The van der Waals surface area contributed by atoms with Crippen LogP contribution >= 0.6 is 0 Å². The maximum absolute atomic E-state index is 15.1. The van der Waals surface area contributed by atoms with Crippen molar-refractivity contribution in [2.75, 3.05) is 6.61 Å². The minimum absolute atomic E-state index is 0.125. The minimum atomic E-state index is -5.16. The summed E-state index contributed by atoms with van der Waals surface area (Å²) in [5, 5.41) is 0. The molecule has 1 aliphatic heterocycles. The molecule has 3 nitrogen and oxygen atoms in total. The SMILES string of the molecule is CCCCCC1CCC(c2ccc(-c3ccc(C(F)(F)Oc4ccc(-c5ccc(OC(F)(F)F)c(F)c5)c(F)c4)c(F)c3F)cc2)OC1. The Morgan fingerprint density at radius 1 is 0.708 bits per heavy atom. The van der Waals surface area contributed by atoms with E-state index >= 15 is 17.6 Å². The molecule has 0 spiro atoms. The van der Waals surface area contributed by atoms with E-state index in [0.717, 1.165) is 55.5 Å². The van der Waals surface area contributed by atoms with Crippen LogP contribution in [0.1, 0.15) is 62.7 Å². The quantitative estimate of drug-likeness (QED) is 0.116. The Hall–Kier alpha value is -4.19. The molecule has 0 amide bonds. The van der Waals surface area contributed by atoms with E-state index in [2.05, 4.69) is 16.4 Å². The van der Waals surface area contributed by atoms with Crippen LogP contribution in [-0.2, 0) is 10.8 Å². The zero-order chi connectivity index (χ0) is 34.6. The molecule has 1 heterocycles. The molecule has 1 saturated heterocycles. The van der Waals surface area contributed by atoms with Crippen molar-refractivity contribution in [1.29, 1.82) is 0 Å². The van der Waals surface area contributed by atoms with Crippen molar-refractivity contribution in [3.63, 3.8) is 0 Å². The fourth-order valence-corrected chi connectivity index (χ4v) is 5.73. The Morgan fingerprint density at radius 3 is 2.04 bits per heavy atom. The van der Waals surface area contributed by atoms with Gasteiger partial charge in [0.1, 0.15) is 17.1 Å². The van der Waals surface area contributed by atoms with Crippen molar-refractivity contribution in [3.8, 4) is 33.8 Å². The molecular formula is C36H31F9O3. The van der Waals surface area contributed by atoms with E-state index in [4.69, 9.17) is 4.74 Å². The zero-order valence-corrected chi connectivity index (χ0v) is 25.7. The van der Waals surface area contributed by atoms with Crippen LogP contribution in [-0.4, -0.2) is 13.0 Å². The van der Waals surface area contributed by atoms with Crippen LogP contribution in [0, 0.1) is 29.2 Å². The molecule has 4 aromatic carbocycles. The van der Waals surface area contributed by atoms with E-state index in [1.54, 1.807) is 24.3 Å². The first-order valence-electron chi connectivity index (χ1n) is 15.4. The molecule has 0 aliphatic carbocycles. The molecule has 1 aliphatic rings. The molecule has 0 aromatic heterocycles. The third-order valence-corrected chi connectivity index (χ3v) is 8.23. The summed E-state index contributed by atoms with van der Waals surface area (Å²) in [6, 6.07) is 12.6. The molecule has 48 heavy (non-hydrogen) atoms. The lowest BCUT2D eigenvalue weighted by molar-refractivity contribution is -0.275. The smallest absolute Gasteiger partial charge is 0.429 e. The third-order valence-electron chi connectivity index (χ3n) is 8.23. The van der Waals surface area contributed by atoms with Crippen LogP contribution in [0.3, 0.4) is 0 Å². The average molecular weight is 683 g/mol. The van der Waals surface area contributed by atoms with Gasteiger partial charge in [0.2, 0.25) is 0 Å². The first kappa shape index (κ1) is 35.1. The van der Waals surface area contributed by atoms with E-state index in [-0.39, 0.29) is 28.4 Å². The molecule has 0 radical (unpaired) electrons. The number of benzene rings is 4. The second-order valence-electron chi connectivity index (χ2n) is 11.6. The Labute approximate surface area is 271 Å². The number of alkyl halides is 5. The van der Waals surface area contributed by atoms with Crippen molar-refractivity contribution in [2.45, 2.75) is 64.0 Å². The molecule has 0 bridgehead atoms. The first-order valence-corrected chi connectivity index (χ1v) is 15.4. The first-order chi connectivity index (χ1) is 22.8. The van der Waals surface area contributed by atoms with Crippen LogP contribution in [0.15, 0.2) is 72.8 Å². The number of hydrogen-bond donors (Lipinski definition) is 0. The lowest BCUT2D eigenvalue weighted by atomic mass is 9.90. The Morgan fingerprint density at radius 2 is 1.42 bits per heavy atom. The van der Waals surface area contributed by atoms with Gasteiger partial charge in [-0.3, -0.25) is 0 Å². The summed E-state index contributed by atoms with van der Waals surface area (Å²) in [5.41, 5.74) is -1.15. The van der Waals surface area contributed by atoms with E-state index in [1.807, 2.05) is 0 Å². The van der Waals surface area contributed by atoms with Gasteiger partial charge in [-0.25, -0.2) is 17.6 Å². The van der Waals surface area contributed by atoms with Crippen LogP contribution in [0.5, 0.6) is 11.5 Å². The van der Waals surface area contributed by atoms with Crippen LogP contribution in [0.2, 0.25) is 0 Å². The standard InChI is InChI=1S/C36H31F9O3/c1-2-3-4-5-21-6-16-31(46-20-21)23-9-7-22(8-10-23)27-14-15-28(34(40)33(27)39)35(41,42)47-25-12-13-26(29(37)19-25)24-11-17-32(30(38)18-24)48-36(43,44)45/h7-15,17-19,21,31H,2-6,16,20H2,1H3. The molecule has 1 fully saturated rings. The predicted molar refractivity (Wildman–Crippen MR) is 160 cm³/mol. The minimum Gasteiger partial charge on any atom is -0.429 e. The van der Waals surface area contributed by atoms with Gasteiger partial charge in [-0.05, 0) is 72.2 Å². The van der Waals surface area contributed by atoms with E-state index < -0.39 is 52.8 Å². The zero-order valence-electron chi connectivity index (χ0n) is 25.7. The molecule has 2 unspecified atom stereocenters. The molecule has 0 N–H and O–H groups in total. The number of rotatable bonds is 11. The molecular weight excluding hydrogens is 651 g/mol. The molecule has 256 valence electrons. The molecule has 2 atom stereocenters. The van der Waals surface area contributed by atoms with E-state index in [0.29, 0.717) is 36.8 Å². The van der Waals surface area contributed by atoms with E-state index in [9.17, 15) is 22.0 Å². The number of unbranched alkanes of at least 4 members (excludes halogenated alkanes) is 2. The number of hydrogen-bond acceptors (Lipinski definition) is 3. The summed E-state index contributed by atoms with van der Waals surface area (Å²) >= 11 is 0. The normalized spacial score (nSPS) is 17.0.